The predicted molar refractivity (Wildman–Crippen MR) is 90.4 cm³/mol. The maximum absolute atomic E-state index is 13.9. The summed E-state index contributed by atoms with van der Waals surface area (Å²) in [6.07, 6.45) is -2.20. The molecule has 2 aromatic carbocycles. The summed E-state index contributed by atoms with van der Waals surface area (Å²) >= 11 is 0. The zero-order valence-corrected chi connectivity index (χ0v) is 15.0. The minimum absolute atomic E-state index is 0.0693. The van der Waals surface area contributed by atoms with E-state index in [1.807, 2.05) is 0 Å². The Kier molecular flexibility index (Phi) is 6.32. The number of benzene rings is 2. The van der Waals surface area contributed by atoms with Crippen LogP contribution >= 0.6 is 0 Å². The number of fused-ring (bicyclic) bond motifs is 1. The molecule has 8 heteroatoms. The number of carboxylic acid groups (broad SMARTS) is 1. The van der Waals surface area contributed by atoms with E-state index in [9.17, 15) is 23.5 Å². The van der Waals surface area contributed by atoms with Crippen molar-refractivity contribution in [3.05, 3.63) is 42.0 Å². The molecule has 0 spiro atoms. The van der Waals surface area contributed by atoms with E-state index < -0.39 is 29.9 Å². The highest BCUT2D eigenvalue weighted by Gasteiger charge is 2.46. The van der Waals surface area contributed by atoms with Crippen molar-refractivity contribution in [1.82, 2.24) is 0 Å². The van der Waals surface area contributed by atoms with Gasteiger partial charge in [0.2, 0.25) is 0 Å². The number of carbonyl (C=O) groups excluding carboxylic acids is 2. The van der Waals surface area contributed by atoms with Gasteiger partial charge >= 0.3 is 11.9 Å². The highest BCUT2D eigenvalue weighted by Crippen LogP contribution is 2.31. The molecule has 0 fully saturated rings. The first-order chi connectivity index (χ1) is 12.7. The smallest absolute Gasteiger partial charge is 0.342 e. The molecule has 0 radical (unpaired) electrons. The Bertz CT molecular complexity index is 834. The van der Waals surface area contributed by atoms with Crippen LogP contribution in [0.15, 0.2) is 36.4 Å². The molecular weight excluding hydrogens is 362 g/mol. The fourth-order valence-electron chi connectivity index (χ4n) is 2.54. The molecule has 0 bridgehead atoms. The van der Waals surface area contributed by atoms with Crippen LogP contribution in [-0.2, 0) is 14.3 Å². The fraction of sp³-hybridized carbons (Fsp3) is 0.368. The molecule has 0 aromatic heterocycles. The molecule has 0 saturated carbocycles. The lowest BCUT2D eigenvalue weighted by Gasteiger charge is -2.30. The number of alkyl halides is 2. The average molecular weight is 381 g/mol. The first-order valence-corrected chi connectivity index (χ1v) is 8.13. The molecule has 2 rings (SSSR count). The van der Waals surface area contributed by atoms with Crippen molar-refractivity contribution in [1.29, 1.82) is 0 Å². The van der Waals surface area contributed by atoms with Crippen LogP contribution in [0.25, 0.3) is 10.8 Å². The molecular formula is C19H19F2O6-. The minimum Gasteiger partial charge on any atom is -0.544 e. The van der Waals surface area contributed by atoms with E-state index >= 15 is 0 Å². The van der Waals surface area contributed by atoms with Gasteiger partial charge in [-0.1, -0.05) is 38.1 Å². The molecule has 0 heterocycles. The van der Waals surface area contributed by atoms with Gasteiger partial charge in [-0.15, -0.1) is 0 Å². The van der Waals surface area contributed by atoms with Crippen molar-refractivity contribution < 1.29 is 37.7 Å². The van der Waals surface area contributed by atoms with Crippen molar-refractivity contribution in [3.8, 4) is 5.75 Å². The molecule has 0 saturated heterocycles. The molecule has 0 aliphatic heterocycles. The van der Waals surface area contributed by atoms with E-state index in [1.165, 1.54) is 27.0 Å². The Balaban J connectivity index is 2.43. The van der Waals surface area contributed by atoms with Gasteiger partial charge in [-0.05, 0) is 28.8 Å². The number of halogens is 2. The van der Waals surface area contributed by atoms with Crippen molar-refractivity contribution in [3.63, 3.8) is 0 Å². The molecule has 27 heavy (non-hydrogen) atoms. The third-order valence-electron chi connectivity index (χ3n) is 3.87. The van der Waals surface area contributed by atoms with Crippen molar-refractivity contribution in [2.45, 2.75) is 25.9 Å². The van der Waals surface area contributed by atoms with Crippen molar-refractivity contribution >= 4 is 22.7 Å². The van der Waals surface area contributed by atoms with Gasteiger partial charge in [0.1, 0.15) is 17.3 Å². The fourth-order valence-corrected chi connectivity index (χ4v) is 2.54. The SMILES string of the molecule is COCOc1cc2ccccc2cc1C(=O)OC(C(C)C)C(F)(F)C(=O)[O-]. The number of hydrogen-bond donors (Lipinski definition) is 0. The average Bonchev–Trinajstić information content (AvgIpc) is 2.62. The van der Waals surface area contributed by atoms with Crippen LogP contribution in [0.4, 0.5) is 8.78 Å². The lowest BCUT2D eigenvalue weighted by atomic mass is 10.0. The number of rotatable bonds is 8. The number of carboxylic acids is 1. The summed E-state index contributed by atoms with van der Waals surface area (Å²) in [4.78, 5) is 23.3. The number of ether oxygens (including phenoxy) is 3. The highest BCUT2D eigenvalue weighted by atomic mass is 19.3. The van der Waals surface area contributed by atoms with Crippen LogP contribution in [-0.4, -0.2) is 37.9 Å². The van der Waals surface area contributed by atoms with Crippen LogP contribution < -0.4 is 9.84 Å². The van der Waals surface area contributed by atoms with Gasteiger partial charge in [0.15, 0.2) is 12.9 Å². The van der Waals surface area contributed by atoms with Crippen LogP contribution in [0.3, 0.4) is 0 Å². The summed E-state index contributed by atoms with van der Waals surface area (Å²) in [6, 6.07) is 10.0. The zero-order valence-electron chi connectivity index (χ0n) is 15.0. The molecule has 6 nitrogen and oxygen atoms in total. The topological polar surface area (TPSA) is 84.9 Å². The standard InChI is InChI=1S/C19H20F2O6/c1-11(2)16(19(20,21)18(23)24)27-17(22)14-8-12-6-4-5-7-13(12)9-15(14)26-10-25-3/h4-9,11,16H,10H2,1-3H3,(H,23,24)/p-1. The predicted octanol–water partition coefficient (Wildman–Crippen LogP) is 2.39. The maximum Gasteiger partial charge on any atom is 0.342 e. The molecule has 146 valence electrons. The second-order valence-electron chi connectivity index (χ2n) is 6.23. The second kappa shape index (κ2) is 8.30. The zero-order chi connectivity index (χ0) is 20.2. The first kappa shape index (κ1) is 20.6. The van der Waals surface area contributed by atoms with Crippen LogP contribution in [0.2, 0.25) is 0 Å². The normalized spacial score (nSPS) is 12.8. The lowest BCUT2D eigenvalue weighted by molar-refractivity contribution is -0.337. The van der Waals surface area contributed by atoms with E-state index in [4.69, 9.17) is 14.2 Å². The Hall–Kier alpha value is -2.74. The van der Waals surface area contributed by atoms with Crippen molar-refractivity contribution in [2.75, 3.05) is 13.9 Å². The quantitative estimate of drug-likeness (QED) is 0.516. The van der Waals surface area contributed by atoms with Crippen LogP contribution in [0.1, 0.15) is 24.2 Å². The van der Waals surface area contributed by atoms with Crippen molar-refractivity contribution in [2.24, 2.45) is 5.92 Å². The Morgan fingerprint density at radius 1 is 1.15 bits per heavy atom. The van der Waals surface area contributed by atoms with Gasteiger partial charge in [0, 0.05) is 7.11 Å². The Labute approximate surface area is 154 Å². The second-order valence-corrected chi connectivity index (χ2v) is 6.23. The van der Waals surface area contributed by atoms with Crippen LogP contribution in [0, 0.1) is 5.92 Å². The van der Waals surface area contributed by atoms with Gasteiger partial charge < -0.3 is 24.1 Å². The summed E-state index contributed by atoms with van der Waals surface area (Å²) in [7, 11) is 1.38. The molecule has 1 atom stereocenters. The first-order valence-electron chi connectivity index (χ1n) is 8.13. The summed E-state index contributed by atoms with van der Waals surface area (Å²) in [6.45, 7) is 2.45. The largest absolute Gasteiger partial charge is 0.544 e. The van der Waals surface area contributed by atoms with E-state index in [0.29, 0.717) is 5.39 Å². The number of hydrogen-bond acceptors (Lipinski definition) is 6. The third kappa shape index (κ3) is 4.51. The Morgan fingerprint density at radius 3 is 2.26 bits per heavy atom. The van der Waals surface area contributed by atoms with E-state index in [0.717, 1.165) is 5.39 Å². The van der Waals surface area contributed by atoms with Crippen LogP contribution in [0.5, 0.6) is 5.75 Å². The summed E-state index contributed by atoms with van der Waals surface area (Å²) < 4.78 is 42.8. The molecule has 2 aromatic rings. The lowest BCUT2D eigenvalue weighted by Crippen LogP contribution is -2.53. The summed E-state index contributed by atoms with van der Waals surface area (Å²) in [5.74, 6) is -8.98. The number of methoxy groups -OCH3 is 1. The number of esters is 1. The summed E-state index contributed by atoms with van der Waals surface area (Å²) in [5.41, 5.74) is -0.120. The molecule has 0 amide bonds. The van der Waals surface area contributed by atoms with E-state index in [1.54, 1.807) is 30.3 Å². The highest BCUT2D eigenvalue weighted by molar-refractivity contribution is 5.99. The van der Waals surface area contributed by atoms with Gasteiger partial charge in [-0.25, -0.2) is 4.79 Å². The van der Waals surface area contributed by atoms with E-state index in [2.05, 4.69) is 0 Å². The van der Waals surface area contributed by atoms with Gasteiger partial charge in [-0.3, -0.25) is 0 Å². The summed E-state index contributed by atoms with van der Waals surface area (Å²) in [5, 5.41) is 12.2. The number of carbonyl (C=O) groups is 2. The van der Waals surface area contributed by atoms with E-state index in [-0.39, 0.29) is 18.1 Å². The number of aliphatic carboxylic acids is 1. The van der Waals surface area contributed by atoms with Gasteiger partial charge in [0.05, 0.1) is 0 Å². The Morgan fingerprint density at radius 2 is 1.74 bits per heavy atom. The molecule has 0 aliphatic carbocycles. The third-order valence-corrected chi connectivity index (χ3v) is 3.87. The van der Waals surface area contributed by atoms with Gasteiger partial charge in [0.25, 0.3) is 0 Å². The molecule has 1 unspecified atom stereocenters. The molecule has 0 N–H and O–H groups in total. The molecule has 0 aliphatic rings. The maximum atomic E-state index is 13.9. The minimum atomic E-state index is -4.34. The monoisotopic (exact) mass is 381 g/mol. The van der Waals surface area contributed by atoms with Gasteiger partial charge in [-0.2, -0.15) is 8.78 Å².